The number of carbonyl (C=O) groups excluding carboxylic acids is 2. The average molecular weight is 404 g/mol. The molecule has 0 unspecified atom stereocenters. The second-order valence-corrected chi connectivity index (χ2v) is 5.70. The molecule has 0 saturated carbocycles. The lowest BCUT2D eigenvalue weighted by molar-refractivity contribution is -0.130. The van der Waals surface area contributed by atoms with Gasteiger partial charge < -0.3 is 19.7 Å². The van der Waals surface area contributed by atoms with E-state index in [0.29, 0.717) is 0 Å². The van der Waals surface area contributed by atoms with Gasteiger partial charge in [0.15, 0.2) is 0 Å². The van der Waals surface area contributed by atoms with Crippen LogP contribution in [0, 0.1) is 0 Å². The number of benzene rings is 1. The first-order chi connectivity index (χ1) is 13.4. The molecule has 0 spiro atoms. The van der Waals surface area contributed by atoms with E-state index < -0.39 is 31.4 Å². The van der Waals surface area contributed by atoms with Crippen molar-refractivity contribution < 1.29 is 36.6 Å². The van der Waals surface area contributed by atoms with E-state index in [1.165, 1.54) is 17.0 Å². The maximum atomic E-state index is 13.0. The van der Waals surface area contributed by atoms with Crippen LogP contribution >= 0.6 is 0 Å². The minimum Gasteiger partial charge on any atom is -0.378 e. The van der Waals surface area contributed by atoms with Crippen molar-refractivity contribution in [2.24, 2.45) is 0 Å². The SMILES string of the molecule is CCN(CCOC(F)F)C1=C(NCCOC(F)F)C(=O)c2ccccc2C1=O. The van der Waals surface area contributed by atoms with Crippen LogP contribution in [0.3, 0.4) is 0 Å². The Hall–Kier alpha value is -2.46. The number of alkyl halides is 4. The Bertz CT molecular complexity index is 740. The van der Waals surface area contributed by atoms with Crippen molar-refractivity contribution in [3.8, 4) is 0 Å². The van der Waals surface area contributed by atoms with Crippen LogP contribution in [0.4, 0.5) is 17.6 Å². The third kappa shape index (κ3) is 5.29. The van der Waals surface area contributed by atoms with Gasteiger partial charge in [-0.15, -0.1) is 0 Å². The van der Waals surface area contributed by atoms with Crippen LogP contribution in [0.2, 0.25) is 0 Å². The zero-order valence-corrected chi connectivity index (χ0v) is 15.1. The molecule has 28 heavy (non-hydrogen) atoms. The maximum Gasteiger partial charge on any atom is 0.345 e. The number of nitrogens with zero attached hydrogens (tertiary/aromatic N) is 1. The molecule has 0 atom stereocenters. The molecule has 2 rings (SSSR count). The average Bonchev–Trinajstić information content (AvgIpc) is 2.66. The number of carbonyl (C=O) groups is 2. The van der Waals surface area contributed by atoms with Crippen LogP contribution in [0.15, 0.2) is 35.7 Å². The molecule has 154 valence electrons. The van der Waals surface area contributed by atoms with Crippen molar-refractivity contribution in [3.63, 3.8) is 0 Å². The van der Waals surface area contributed by atoms with Crippen molar-refractivity contribution in [1.82, 2.24) is 10.2 Å². The summed E-state index contributed by atoms with van der Waals surface area (Å²) in [5.74, 6) is -0.957. The first kappa shape index (κ1) is 21.8. The summed E-state index contributed by atoms with van der Waals surface area (Å²) in [5.41, 5.74) is 0.264. The van der Waals surface area contributed by atoms with Gasteiger partial charge in [-0.05, 0) is 6.92 Å². The highest BCUT2D eigenvalue weighted by Gasteiger charge is 2.34. The van der Waals surface area contributed by atoms with Crippen LogP contribution in [0.25, 0.3) is 0 Å². The summed E-state index contributed by atoms with van der Waals surface area (Å²) < 4.78 is 57.2. The molecule has 0 fully saturated rings. The molecule has 10 heteroatoms. The van der Waals surface area contributed by atoms with Gasteiger partial charge >= 0.3 is 13.2 Å². The molecule has 0 bridgehead atoms. The van der Waals surface area contributed by atoms with Gasteiger partial charge in [0.2, 0.25) is 11.6 Å². The molecule has 0 aromatic heterocycles. The number of hydrogen-bond donors (Lipinski definition) is 1. The number of likely N-dealkylation sites (N-methyl/N-ethyl adjacent to an activating group) is 1. The van der Waals surface area contributed by atoms with Crippen molar-refractivity contribution in [2.45, 2.75) is 20.1 Å². The number of hydrogen-bond acceptors (Lipinski definition) is 6. The molecule has 1 aliphatic carbocycles. The van der Waals surface area contributed by atoms with Gasteiger partial charge in [-0.3, -0.25) is 9.59 Å². The predicted molar refractivity (Wildman–Crippen MR) is 91.3 cm³/mol. The first-order valence-corrected chi connectivity index (χ1v) is 8.57. The Morgan fingerprint density at radius 2 is 1.54 bits per heavy atom. The van der Waals surface area contributed by atoms with Crippen molar-refractivity contribution in [2.75, 3.05) is 32.8 Å². The smallest absolute Gasteiger partial charge is 0.345 e. The Balaban J connectivity index is 2.32. The van der Waals surface area contributed by atoms with Crippen molar-refractivity contribution in [3.05, 3.63) is 46.8 Å². The van der Waals surface area contributed by atoms with E-state index in [4.69, 9.17) is 0 Å². The van der Waals surface area contributed by atoms with Crippen LogP contribution in [-0.4, -0.2) is 62.5 Å². The standard InChI is InChI=1S/C18H20F4N2O4/c1-2-24(8-10-28-18(21)22)14-13(23-7-9-27-17(19)20)15(25)11-5-3-4-6-12(11)16(14)26/h3-6,17-18,23H,2,7-10H2,1H3. The van der Waals surface area contributed by atoms with Crippen LogP contribution in [-0.2, 0) is 9.47 Å². The summed E-state index contributed by atoms with van der Waals surface area (Å²) in [7, 11) is 0. The molecular weight excluding hydrogens is 384 g/mol. The van der Waals surface area contributed by atoms with Crippen LogP contribution in [0.1, 0.15) is 27.6 Å². The van der Waals surface area contributed by atoms with Crippen molar-refractivity contribution >= 4 is 11.6 Å². The second-order valence-electron chi connectivity index (χ2n) is 5.70. The van der Waals surface area contributed by atoms with Gasteiger partial charge in [0, 0.05) is 30.8 Å². The van der Waals surface area contributed by atoms with Gasteiger partial charge in [-0.25, -0.2) is 0 Å². The molecule has 1 aromatic carbocycles. The van der Waals surface area contributed by atoms with Crippen LogP contribution in [0.5, 0.6) is 0 Å². The number of halogens is 4. The van der Waals surface area contributed by atoms with Gasteiger partial charge in [-0.1, -0.05) is 24.3 Å². The van der Waals surface area contributed by atoms with E-state index >= 15 is 0 Å². The van der Waals surface area contributed by atoms with Crippen LogP contribution < -0.4 is 5.32 Å². The Labute approximate surface area is 159 Å². The highest BCUT2D eigenvalue weighted by atomic mass is 19.3. The van der Waals surface area contributed by atoms with E-state index in [0.717, 1.165) is 0 Å². The van der Waals surface area contributed by atoms with Gasteiger partial charge in [-0.2, -0.15) is 17.6 Å². The fourth-order valence-electron chi connectivity index (χ4n) is 2.83. The topological polar surface area (TPSA) is 67.9 Å². The second kappa shape index (κ2) is 10.2. The summed E-state index contributed by atoms with van der Waals surface area (Å²) in [4.78, 5) is 27.3. The molecule has 0 radical (unpaired) electrons. The van der Waals surface area contributed by atoms with Crippen molar-refractivity contribution in [1.29, 1.82) is 0 Å². The Kier molecular flexibility index (Phi) is 7.94. The first-order valence-electron chi connectivity index (χ1n) is 8.57. The molecule has 0 heterocycles. The van der Waals surface area contributed by atoms with E-state index in [-0.39, 0.29) is 48.8 Å². The maximum absolute atomic E-state index is 13.0. The fraction of sp³-hybridized carbons (Fsp3) is 0.444. The van der Waals surface area contributed by atoms with E-state index in [1.54, 1.807) is 19.1 Å². The summed E-state index contributed by atoms with van der Waals surface area (Å²) in [5, 5.41) is 2.68. The molecule has 0 saturated heterocycles. The number of rotatable bonds is 11. The largest absolute Gasteiger partial charge is 0.378 e. The highest BCUT2D eigenvalue weighted by Crippen LogP contribution is 2.27. The highest BCUT2D eigenvalue weighted by molar-refractivity contribution is 6.26. The predicted octanol–water partition coefficient (Wildman–Crippen LogP) is 2.67. The third-order valence-electron chi connectivity index (χ3n) is 4.05. The fourth-order valence-corrected chi connectivity index (χ4v) is 2.83. The number of nitrogens with one attached hydrogen (secondary N) is 1. The van der Waals surface area contributed by atoms with E-state index in [1.807, 2.05) is 0 Å². The zero-order valence-electron chi connectivity index (χ0n) is 15.1. The number of allylic oxidation sites excluding steroid dienone is 2. The number of Topliss-reactive ketones (excluding diaryl/α,β-unsaturated/α-hetero) is 2. The molecule has 6 nitrogen and oxygen atoms in total. The molecule has 1 aliphatic rings. The zero-order chi connectivity index (χ0) is 20.7. The lowest BCUT2D eigenvalue weighted by atomic mass is 9.89. The van der Waals surface area contributed by atoms with Gasteiger partial charge in [0.25, 0.3) is 0 Å². The van der Waals surface area contributed by atoms with E-state index in [2.05, 4.69) is 14.8 Å². The minimum absolute atomic E-state index is 0.0129. The van der Waals surface area contributed by atoms with Gasteiger partial charge in [0.05, 0.1) is 13.2 Å². The molecule has 0 amide bonds. The molecular formula is C18H20F4N2O4. The summed E-state index contributed by atoms with van der Waals surface area (Å²) in [6, 6.07) is 6.18. The number of fused-ring (bicyclic) bond motifs is 1. The van der Waals surface area contributed by atoms with Gasteiger partial charge in [0.1, 0.15) is 11.4 Å². The Morgan fingerprint density at radius 1 is 0.964 bits per heavy atom. The number of ketones is 2. The quantitative estimate of drug-likeness (QED) is 0.452. The molecule has 0 aliphatic heterocycles. The summed E-state index contributed by atoms with van der Waals surface area (Å²) in [6.07, 6.45) is 0. The summed E-state index contributed by atoms with van der Waals surface area (Å²) >= 11 is 0. The van der Waals surface area contributed by atoms with E-state index in [9.17, 15) is 27.2 Å². The normalized spacial score (nSPS) is 14.1. The lowest BCUT2D eigenvalue weighted by Gasteiger charge is -2.30. The Morgan fingerprint density at radius 3 is 2.11 bits per heavy atom. The lowest BCUT2D eigenvalue weighted by Crippen LogP contribution is -2.40. The molecule has 1 aromatic rings. The summed E-state index contributed by atoms with van der Waals surface area (Å²) in [6.45, 7) is -4.95. The monoisotopic (exact) mass is 404 g/mol. The molecule has 1 N–H and O–H groups in total. The minimum atomic E-state index is -2.96. The third-order valence-corrected chi connectivity index (χ3v) is 4.05. The number of ether oxygens (including phenoxy) is 2.